The average Bonchev–Trinajstić information content (AvgIpc) is 3.41. The lowest BCUT2D eigenvalue weighted by molar-refractivity contribution is 0.0942. The predicted octanol–water partition coefficient (Wildman–Crippen LogP) is 0.919. The highest BCUT2D eigenvalue weighted by Gasteiger charge is 2.30. The number of nitrogens with one attached hydrogen (secondary N) is 1. The molecule has 2 aliphatic rings. The van der Waals surface area contributed by atoms with Gasteiger partial charge in [-0.05, 0) is 37.1 Å². The summed E-state index contributed by atoms with van der Waals surface area (Å²) in [5.41, 5.74) is 1.00. The van der Waals surface area contributed by atoms with Crippen LogP contribution in [0.2, 0.25) is 0 Å². The second-order valence-corrected chi connectivity index (χ2v) is 6.91. The number of anilines is 1. The molecule has 7 nitrogen and oxygen atoms in total. The van der Waals surface area contributed by atoms with Crippen LogP contribution in [0.4, 0.5) is 5.82 Å². The molecule has 1 N–H and O–H groups in total. The molecule has 0 radical (unpaired) electrons. The summed E-state index contributed by atoms with van der Waals surface area (Å²) < 4.78 is 1.41. The van der Waals surface area contributed by atoms with Crippen molar-refractivity contribution in [3.63, 3.8) is 0 Å². The fourth-order valence-corrected chi connectivity index (χ4v) is 3.09. The number of nitrogens with zero attached hydrogens (tertiary/aromatic N) is 4. The van der Waals surface area contributed by atoms with E-state index >= 15 is 0 Å². The van der Waals surface area contributed by atoms with Crippen molar-refractivity contribution in [1.82, 2.24) is 20.1 Å². The van der Waals surface area contributed by atoms with E-state index in [9.17, 15) is 9.59 Å². The number of hydrogen-bond acceptors (Lipinski definition) is 5. The van der Waals surface area contributed by atoms with Gasteiger partial charge in [0.05, 0.1) is 5.69 Å². The fraction of sp³-hybridized carbons (Fsp3) is 0.444. The summed E-state index contributed by atoms with van der Waals surface area (Å²) in [7, 11) is 1.64. The van der Waals surface area contributed by atoms with Crippen LogP contribution < -0.4 is 15.8 Å². The summed E-state index contributed by atoms with van der Waals surface area (Å²) in [5, 5.41) is 11.5. The first-order valence-corrected chi connectivity index (χ1v) is 8.64. The second kappa shape index (κ2) is 6.31. The highest BCUT2D eigenvalue weighted by atomic mass is 16.2. The smallest absolute Gasteiger partial charge is 0.263 e. The van der Waals surface area contributed by atoms with E-state index in [1.807, 2.05) is 6.07 Å². The van der Waals surface area contributed by atoms with Gasteiger partial charge in [0.15, 0.2) is 5.82 Å². The van der Waals surface area contributed by atoms with Crippen LogP contribution in [0.1, 0.15) is 34.8 Å². The number of hydrogen-bond donors (Lipinski definition) is 1. The molecule has 1 saturated heterocycles. The van der Waals surface area contributed by atoms with Crippen LogP contribution in [-0.2, 0) is 7.05 Å². The molecule has 7 heteroatoms. The summed E-state index contributed by atoms with van der Waals surface area (Å²) in [6, 6.07) is 7.36. The molecule has 0 bridgehead atoms. The lowest BCUT2D eigenvalue weighted by atomic mass is 10.00. The van der Waals surface area contributed by atoms with Gasteiger partial charge in [0.1, 0.15) is 5.56 Å². The number of pyridine rings is 1. The Morgan fingerprint density at radius 2 is 2.04 bits per heavy atom. The molecule has 0 unspecified atom stereocenters. The van der Waals surface area contributed by atoms with Crippen LogP contribution in [0.5, 0.6) is 0 Å². The van der Waals surface area contributed by atoms with Gasteiger partial charge in [0, 0.05) is 44.7 Å². The van der Waals surface area contributed by atoms with Crippen LogP contribution in [-0.4, -0.2) is 40.3 Å². The van der Waals surface area contributed by atoms with E-state index < -0.39 is 0 Å². The number of carbonyl (C=O) groups is 1. The summed E-state index contributed by atoms with van der Waals surface area (Å²) in [6.45, 7) is 2.23. The van der Waals surface area contributed by atoms with Crippen molar-refractivity contribution in [2.24, 2.45) is 13.0 Å². The van der Waals surface area contributed by atoms with Gasteiger partial charge in [-0.25, -0.2) is 0 Å². The molecule has 0 atom stereocenters. The lowest BCUT2D eigenvalue weighted by Crippen LogP contribution is -2.52. The molecule has 0 spiro atoms. The first kappa shape index (κ1) is 15.8. The molecular formula is C18H21N5O2. The first-order valence-electron chi connectivity index (χ1n) is 8.64. The highest BCUT2D eigenvalue weighted by molar-refractivity contribution is 5.93. The van der Waals surface area contributed by atoms with Gasteiger partial charge in [-0.1, -0.05) is 0 Å². The molecule has 1 aliphatic heterocycles. The van der Waals surface area contributed by atoms with Crippen LogP contribution in [0, 0.1) is 5.92 Å². The van der Waals surface area contributed by atoms with E-state index in [0.29, 0.717) is 18.4 Å². The number of aromatic nitrogens is 3. The van der Waals surface area contributed by atoms with Crippen molar-refractivity contribution in [2.45, 2.75) is 18.8 Å². The minimum Gasteiger partial charge on any atom is -0.354 e. The maximum Gasteiger partial charge on any atom is 0.263 e. The molecule has 4 rings (SSSR count). The van der Waals surface area contributed by atoms with E-state index in [2.05, 4.69) is 26.5 Å². The molecule has 1 amide bonds. The summed E-state index contributed by atoms with van der Waals surface area (Å²) in [6.07, 6.45) is 4.09. The van der Waals surface area contributed by atoms with Crippen molar-refractivity contribution in [1.29, 1.82) is 0 Å². The minimum atomic E-state index is -0.312. The summed E-state index contributed by atoms with van der Waals surface area (Å²) >= 11 is 0. The molecule has 2 aromatic rings. The standard InChI is InChI=1S/C18H21N5O2/c1-22-8-2-3-14(18(22)25)17(24)19-9-12-10-23(11-12)16-7-6-15(20-21-16)13-4-5-13/h2-3,6-8,12-13H,4-5,9-11H2,1H3,(H,19,24). The molecule has 3 heterocycles. The third-order valence-corrected chi connectivity index (χ3v) is 4.87. The van der Waals surface area contributed by atoms with Crippen molar-refractivity contribution in [3.8, 4) is 0 Å². The van der Waals surface area contributed by atoms with E-state index in [1.54, 1.807) is 25.4 Å². The molecule has 2 aromatic heterocycles. The lowest BCUT2D eigenvalue weighted by Gasteiger charge is -2.39. The van der Waals surface area contributed by atoms with Crippen molar-refractivity contribution in [2.75, 3.05) is 24.5 Å². The SMILES string of the molecule is Cn1cccc(C(=O)NCC2CN(c3ccc(C4CC4)nn3)C2)c1=O. The molecule has 130 valence electrons. The maximum atomic E-state index is 12.2. The van der Waals surface area contributed by atoms with Crippen LogP contribution in [0.25, 0.3) is 0 Å². The molecule has 25 heavy (non-hydrogen) atoms. The second-order valence-electron chi connectivity index (χ2n) is 6.91. The van der Waals surface area contributed by atoms with Gasteiger partial charge in [0.25, 0.3) is 11.5 Å². The quantitative estimate of drug-likeness (QED) is 0.876. The molecule has 2 fully saturated rings. The van der Waals surface area contributed by atoms with Crippen LogP contribution >= 0.6 is 0 Å². The topological polar surface area (TPSA) is 80.1 Å². The zero-order valence-corrected chi connectivity index (χ0v) is 14.2. The van der Waals surface area contributed by atoms with Crippen LogP contribution in [0.15, 0.2) is 35.3 Å². The van der Waals surface area contributed by atoms with Gasteiger partial charge in [0.2, 0.25) is 0 Å². The van der Waals surface area contributed by atoms with Gasteiger partial charge < -0.3 is 14.8 Å². The Morgan fingerprint density at radius 3 is 2.72 bits per heavy atom. The molecule has 1 aliphatic carbocycles. The third kappa shape index (κ3) is 3.26. The number of aryl methyl sites for hydroxylation is 1. The largest absolute Gasteiger partial charge is 0.354 e. The Bertz CT molecular complexity index is 835. The van der Waals surface area contributed by atoms with Crippen molar-refractivity contribution >= 4 is 11.7 Å². The Labute approximate surface area is 145 Å². The van der Waals surface area contributed by atoms with Crippen molar-refractivity contribution in [3.05, 3.63) is 52.1 Å². The first-order chi connectivity index (χ1) is 12.1. The van der Waals surface area contributed by atoms with Gasteiger partial charge in [-0.3, -0.25) is 9.59 Å². The van der Waals surface area contributed by atoms with Crippen LogP contribution in [0.3, 0.4) is 0 Å². The zero-order valence-electron chi connectivity index (χ0n) is 14.2. The molecule has 0 aromatic carbocycles. The summed E-state index contributed by atoms with van der Waals surface area (Å²) in [4.78, 5) is 26.2. The predicted molar refractivity (Wildman–Crippen MR) is 93.7 cm³/mol. The maximum absolute atomic E-state index is 12.2. The minimum absolute atomic E-state index is 0.183. The Kier molecular flexibility index (Phi) is 3.99. The van der Waals surface area contributed by atoms with E-state index in [1.165, 1.54) is 17.4 Å². The highest BCUT2D eigenvalue weighted by Crippen LogP contribution is 2.38. The number of amides is 1. The monoisotopic (exact) mass is 339 g/mol. The Balaban J connectivity index is 1.27. The van der Waals surface area contributed by atoms with Crippen molar-refractivity contribution < 1.29 is 4.79 Å². The summed E-state index contributed by atoms with van der Waals surface area (Å²) in [5.74, 6) is 1.56. The van der Waals surface area contributed by atoms with Gasteiger partial charge >= 0.3 is 0 Å². The third-order valence-electron chi connectivity index (χ3n) is 4.87. The van der Waals surface area contributed by atoms with E-state index in [-0.39, 0.29) is 17.0 Å². The molecule has 1 saturated carbocycles. The van der Waals surface area contributed by atoms with Gasteiger partial charge in [-0.15, -0.1) is 5.10 Å². The van der Waals surface area contributed by atoms with E-state index in [4.69, 9.17) is 0 Å². The van der Waals surface area contributed by atoms with E-state index in [0.717, 1.165) is 24.6 Å². The number of carbonyl (C=O) groups excluding carboxylic acids is 1. The Hall–Kier alpha value is -2.70. The average molecular weight is 339 g/mol. The zero-order chi connectivity index (χ0) is 17.4. The normalized spacial score (nSPS) is 17.2. The van der Waals surface area contributed by atoms with Gasteiger partial charge in [-0.2, -0.15) is 5.10 Å². The number of rotatable bonds is 5. The molecular weight excluding hydrogens is 318 g/mol. The Morgan fingerprint density at radius 1 is 1.24 bits per heavy atom. The fourth-order valence-electron chi connectivity index (χ4n) is 3.09.